The Hall–Kier alpha value is -1.87. The molecule has 7 heteroatoms. The average molecular weight is 455 g/mol. The van der Waals surface area contributed by atoms with Crippen LogP contribution < -0.4 is 0 Å². The van der Waals surface area contributed by atoms with E-state index in [0.29, 0.717) is 11.1 Å². The fraction of sp³-hybridized carbons (Fsp3) is 0.118. The van der Waals surface area contributed by atoms with E-state index in [1.165, 1.54) is 3.97 Å². The number of ether oxygens (including phenoxy) is 1. The van der Waals surface area contributed by atoms with Gasteiger partial charge in [0.15, 0.2) is 0 Å². The molecule has 1 heterocycles. The van der Waals surface area contributed by atoms with E-state index in [0.717, 1.165) is 8.96 Å². The topological polar surface area (TPSA) is 65.4 Å². The highest BCUT2D eigenvalue weighted by Crippen LogP contribution is 2.28. The summed E-state index contributed by atoms with van der Waals surface area (Å²) in [6.45, 7) is 1.99. The lowest BCUT2D eigenvalue weighted by Gasteiger charge is -2.08. The number of fused-ring (bicyclic) bond motifs is 1. The molecule has 0 aliphatic heterocycles. The molecule has 0 saturated heterocycles. The molecule has 0 fully saturated rings. The van der Waals surface area contributed by atoms with Crippen molar-refractivity contribution in [1.29, 1.82) is 0 Å². The minimum atomic E-state index is -3.74. The van der Waals surface area contributed by atoms with Crippen LogP contribution in [0.15, 0.2) is 59.6 Å². The highest BCUT2D eigenvalue weighted by molar-refractivity contribution is 14.1. The van der Waals surface area contributed by atoms with Crippen LogP contribution in [0.5, 0.6) is 0 Å². The average Bonchev–Trinajstić information content (AvgIpc) is 2.93. The van der Waals surface area contributed by atoms with Crippen LogP contribution in [0.25, 0.3) is 10.9 Å². The molecule has 0 N–H and O–H groups in total. The zero-order valence-corrected chi connectivity index (χ0v) is 15.7. The highest BCUT2D eigenvalue weighted by atomic mass is 127. The number of benzene rings is 2. The Kier molecular flexibility index (Phi) is 4.64. The summed E-state index contributed by atoms with van der Waals surface area (Å²) in [5.41, 5.74) is 0.775. The van der Waals surface area contributed by atoms with Crippen molar-refractivity contribution in [3.05, 3.63) is 63.9 Å². The molecule has 24 heavy (non-hydrogen) atoms. The molecule has 1 aromatic heterocycles. The van der Waals surface area contributed by atoms with Gasteiger partial charge in [-0.1, -0.05) is 24.3 Å². The molecule has 0 bridgehead atoms. The second-order valence-corrected chi connectivity index (χ2v) is 8.02. The minimum absolute atomic E-state index is 0.194. The molecule has 0 aliphatic carbocycles. The number of nitrogens with zero attached hydrogens (tertiary/aromatic N) is 1. The van der Waals surface area contributed by atoms with E-state index in [4.69, 9.17) is 4.74 Å². The van der Waals surface area contributed by atoms with Crippen LogP contribution >= 0.6 is 22.6 Å². The zero-order chi connectivity index (χ0) is 17.3. The maximum Gasteiger partial charge on any atom is 0.338 e. The Balaban J connectivity index is 2.21. The highest BCUT2D eigenvalue weighted by Gasteiger charge is 2.21. The SMILES string of the molecule is CCOC(=O)c1ccc2c(I)cn(S(=O)(=O)c3ccccc3)c2c1. The molecule has 0 unspecified atom stereocenters. The molecule has 3 rings (SSSR count). The Morgan fingerprint density at radius 1 is 1.17 bits per heavy atom. The Morgan fingerprint density at radius 3 is 2.54 bits per heavy atom. The largest absolute Gasteiger partial charge is 0.462 e. The van der Waals surface area contributed by atoms with E-state index in [9.17, 15) is 13.2 Å². The van der Waals surface area contributed by atoms with Crippen molar-refractivity contribution in [2.45, 2.75) is 11.8 Å². The molecular weight excluding hydrogens is 441 g/mol. The van der Waals surface area contributed by atoms with E-state index in [1.54, 1.807) is 61.7 Å². The third kappa shape index (κ3) is 2.93. The van der Waals surface area contributed by atoms with Crippen molar-refractivity contribution in [3.8, 4) is 0 Å². The summed E-state index contributed by atoms with van der Waals surface area (Å²) in [5.74, 6) is -0.473. The normalized spacial score (nSPS) is 11.6. The number of carbonyl (C=O) groups excluding carboxylic acids is 1. The van der Waals surface area contributed by atoms with E-state index < -0.39 is 16.0 Å². The van der Waals surface area contributed by atoms with Gasteiger partial charge in [-0.2, -0.15) is 0 Å². The number of carbonyl (C=O) groups is 1. The second kappa shape index (κ2) is 6.56. The predicted octanol–water partition coefficient (Wildman–Crippen LogP) is 3.66. The van der Waals surface area contributed by atoms with Crippen LogP contribution in [-0.4, -0.2) is 25.0 Å². The number of halogens is 1. The second-order valence-electron chi connectivity index (χ2n) is 5.04. The standard InChI is InChI=1S/C17H14INO4S/c1-2-23-17(20)12-8-9-14-15(18)11-19(16(14)10-12)24(21,22)13-6-4-3-5-7-13/h3-11H,2H2,1H3. The molecule has 0 spiro atoms. The molecule has 124 valence electrons. The van der Waals surface area contributed by atoms with Crippen LogP contribution in [0.1, 0.15) is 17.3 Å². The van der Waals surface area contributed by atoms with E-state index in [1.807, 2.05) is 0 Å². The van der Waals surface area contributed by atoms with Gasteiger partial charge in [-0.05, 0) is 53.8 Å². The number of rotatable bonds is 4. The van der Waals surface area contributed by atoms with Crippen LogP contribution in [0.4, 0.5) is 0 Å². The van der Waals surface area contributed by atoms with Crippen LogP contribution in [0.2, 0.25) is 0 Å². The van der Waals surface area contributed by atoms with Gasteiger partial charge in [-0.15, -0.1) is 0 Å². The minimum Gasteiger partial charge on any atom is -0.462 e. The quantitative estimate of drug-likeness (QED) is 0.445. The molecule has 5 nitrogen and oxygen atoms in total. The van der Waals surface area contributed by atoms with E-state index in [-0.39, 0.29) is 11.5 Å². The van der Waals surface area contributed by atoms with Crippen molar-refractivity contribution >= 4 is 49.5 Å². The summed E-state index contributed by atoms with van der Waals surface area (Å²) in [5, 5.41) is 0.767. The first-order valence-corrected chi connectivity index (χ1v) is 9.75. The summed E-state index contributed by atoms with van der Waals surface area (Å²) in [6, 6.07) is 13.1. The van der Waals surface area contributed by atoms with Gasteiger partial charge in [0.2, 0.25) is 0 Å². The third-order valence-corrected chi connectivity index (χ3v) is 6.08. The number of aromatic nitrogens is 1. The van der Waals surface area contributed by atoms with E-state index >= 15 is 0 Å². The van der Waals surface area contributed by atoms with E-state index in [2.05, 4.69) is 22.6 Å². The van der Waals surface area contributed by atoms with Crippen molar-refractivity contribution < 1.29 is 17.9 Å². The summed E-state index contributed by atoms with van der Waals surface area (Å²) in [4.78, 5) is 12.1. The van der Waals surface area contributed by atoms with Crippen molar-refractivity contribution in [2.24, 2.45) is 0 Å². The summed E-state index contributed by atoms with van der Waals surface area (Å²) >= 11 is 2.08. The van der Waals surface area contributed by atoms with Crippen LogP contribution in [-0.2, 0) is 14.8 Å². The zero-order valence-electron chi connectivity index (χ0n) is 12.8. The lowest BCUT2D eigenvalue weighted by molar-refractivity contribution is 0.0526. The molecule has 0 amide bonds. The lowest BCUT2D eigenvalue weighted by Crippen LogP contribution is -2.12. The number of hydrogen-bond donors (Lipinski definition) is 0. The van der Waals surface area contributed by atoms with Gasteiger partial charge in [0.1, 0.15) is 0 Å². The maximum absolute atomic E-state index is 12.9. The Morgan fingerprint density at radius 2 is 1.88 bits per heavy atom. The fourth-order valence-corrected chi connectivity index (χ4v) is 4.71. The fourth-order valence-electron chi connectivity index (χ4n) is 2.40. The first-order chi connectivity index (χ1) is 11.4. The third-order valence-electron chi connectivity index (χ3n) is 3.53. The molecule has 0 radical (unpaired) electrons. The van der Waals surface area contributed by atoms with Gasteiger partial charge in [0.25, 0.3) is 10.0 Å². The Labute approximate surface area is 153 Å². The first-order valence-electron chi connectivity index (χ1n) is 7.23. The van der Waals surface area contributed by atoms with Crippen LogP contribution in [0, 0.1) is 3.57 Å². The molecule has 2 aromatic carbocycles. The van der Waals surface area contributed by atoms with Gasteiger partial charge in [0, 0.05) is 15.2 Å². The number of esters is 1. The lowest BCUT2D eigenvalue weighted by atomic mass is 10.2. The molecule has 0 saturated carbocycles. The summed E-state index contributed by atoms with van der Waals surface area (Å²) in [7, 11) is -3.74. The summed E-state index contributed by atoms with van der Waals surface area (Å²) < 4.78 is 32.8. The first kappa shape index (κ1) is 17.0. The van der Waals surface area contributed by atoms with Gasteiger partial charge in [-0.25, -0.2) is 17.2 Å². The van der Waals surface area contributed by atoms with Gasteiger partial charge in [0.05, 0.1) is 22.6 Å². The van der Waals surface area contributed by atoms with Crippen LogP contribution in [0.3, 0.4) is 0 Å². The maximum atomic E-state index is 12.9. The molecule has 3 aromatic rings. The summed E-state index contributed by atoms with van der Waals surface area (Å²) in [6.07, 6.45) is 1.56. The van der Waals surface area contributed by atoms with Gasteiger partial charge >= 0.3 is 5.97 Å². The Bertz CT molecular complexity index is 1010. The molecule has 0 atom stereocenters. The molecular formula is C17H14INO4S. The van der Waals surface area contributed by atoms with Crippen molar-refractivity contribution in [2.75, 3.05) is 6.61 Å². The molecule has 0 aliphatic rings. The van der Waals surface area contributed by atoms with Gasteiger partial charge < -0.3 is 4.74 Å². The van der Waals surface area contributed by atoms with Gasteiger partial charge in [-0.3, -0.25) is 0 Å². The number of hydrogen-bond acceptors (Lipinski definition) is 4. The smallest absolute Gasteiger partial charge is 0.338 e. The van der Waals surface area contributed by atoms with Crippen molar-refractivity contribution in [1.82, 2.24) is 3.97 Å². The monoisotopic (exact) mass is 455 g/mol. The van der Waals surface area contributed by atoms with Crippen molar-refractivity contribution in [3.63, 3.8) is 0 Å². The predicted molar refractivity (Wildman–Crippen MR) is 99.6 cm³/mol.